The molecule has 4 nitrogen and oxygen atoms in total. The molecule has 0 aromatic heterocycles. The van der Waals surface area contributed by atoms with Crippen LogP contribution in [-0.2, 0) is 17.6 Å². The smallest absolute Gasteiger partial charge is 0.303 e. The molecule has 20 heavy (non-hydrogen) atoms. The fourth-order valence-corrected chi connectivity index (χ4v) is 2.63. The van der Waals surface area contributed by atoms with Gasteiger partial charge in [0.05, 0.1) is 6.04 Å². The summed E-state index contributed by atoms with van der Waals surface area (Å²) in [5, 5.41) is 11.7. The number of Topliss-reactive ketones (excluding diaryl/α,β-unsaturated/α-hetero) is 1. The second-order valence-corrected chi connectivity index (χ2v) is 5.37. The zero-order valence-corrected chi connectivity index (χ0v) is 11.8. The van der Waals surface area contributed by atoms with Crippen molar-refractivity contribution in [2.75, 3.05) is 6.54 Å². The van der Waals surface area contributed by atoms with Crippen molar-refractivity contribution in [2.45, 2.75) is 45.1 Å². The summed E-state index contributed by atoms with van der Waals surface area (Å²) in [6.45, 7) is 2.38. The number of rotatable bonds is 7. The molecule has 0 aliphatic heterocycles. The molecule has 0 amide bonds. The van der Waals surface area contributed by atoms with Crippen LogP contribution in [0.15, 0.2) is 18.2 Å². The first kappa shape index (κ1) is 14.7. The van der Waals surface area contributed by atoms with Gasteiger partial charge < -0.3 is 10.4 Å². The van der Waals surface area contributed by atoms with Crippen molar-refractivity contribution in [3.05, 3.63) is 34.9 Å². The Bertz CT molecular complexity index is 510. The largest absolute Gasteiger partial charge is 0.481 e. The summed E-state index contributed by atoms with van der Waals surface area (Å²) in [4.78, 5) is 22.7. The lowest BCUT2D eigenvalue weighted by Gasteiger charge is -2.13. The minimum absolute atomic E-state index is 0.0787. The maximum Gasteiger partial charge on any atom is 0.303 e. The highest BCUT2D eigenvalue weighted by Crippen LogP contribution is 2.23. The van der Waals surface area contributed by atoms with Crippen LogP contribution < -0.4 is 5.32 Å². The Morgan fingerprint density at radius 2 is 2.05 bits per heavy atom. The van der Waals surface area contributed by atoms with Crippen molar-refractivity contribution < 1.29 is 14.7 Å². The molecule has 1 unspecified atom stereocenters. The topological polar surface area (TPSA) is 66.4 Å². The Balaban J connectivity index is 1.88. The number of fused-ring (bicyclic) bond motifs is 1. The van der Waals surface area contributed by atoms with E-state index in [0.717, 1.165) is 18.4 Å². The number of carboxylic acids is 1. The van der Waals surface area contributed by atoms with Gasteiger partial charge in [0.2, 0.25) is 0 Å². The lowest BCUT2D eigenvalue weighted by molar-refractivity contribution is -0.137. The van der Waals surface area contributed by atoms with Crippen LogP contribution in [0.4, 0.5) is 0 Å². The van der Waals surface area contributed by atoms with Gasteiger partial charge in [-0.15, -0.1) is 0 Å². The minimum atomic E-state index is -0.801. The maximum atomic E-state index is 12.3. The Labute approximate surface area is 119 Å². The molecule has 0 spiro atoms. The van der Waals surface area contributed by atoms with E-state index in [1.807, 2.05) is 19.1 Å². The van der Waals surface area contributed by atoms with Crippen LogP contribution in [-0.4, -0.2) is 29.4 Å². The first-order valence-electron chi connectivity index (χ1n) is 7.19. The second-order valence-electron chi connectivity index (χ2n) is 5.37. The summed E-state index contributed by atoms with van der Waals surface area (Å²) in [6.07, 6.45) is 4.03. The molecule has 2 rings (SSSR count). The molecule has 0 saturated heterocycles. The lowest BCUT2D eigenvalue weighted by atomic mass is 10.0. The van der Waals surface area contributed by atoms with Crippen LogP contribution in [0, 0.1) is 0 Å². The highest BCUT2D eigenvalue weighted by Gasteiger charge is 2.17. The molecule has 0 bridgehead atoms. The molecule has 1 aromatic rings. The van der Waals surface area contributed by atoms with E-state index in [4.69, 9.17) is 5.11 Å². The predicted molar refractivity (Wildman–Crippen MR) is 77.1 cm³/mol. The molecule has 1 aliphatic rings. The molecule has 108 valence electrons. The standard InChI is InChI=1S/C16H21NO3/c1-11(17-9-3-6-15(18)19)16(20)14-8-7-12-4-2-5-13(12)10-14/h7-8,10-11,17H,2-6,9H2,1H3,(H,18,19). The number of hydrogen-bond acceptors (Lipinski definition) is 3. The van der Waals surface area contributed by atoms with Crippen LogP contribution in [0.5, 0.6) is 0 Å². The van der Waals surface area contributed by atoms with Gasteiger partial charge in [0, 0.05) is 12.0 Å². The van der Waals surface area contributed by atoms with E-state index < -0.39 is 5.97 Å². The van der Waals surface area contributed by atoms with Crippen molar-refractivity contribution in [2.24, 2.45) is 0 Å². The average Bonchev–Trinajstić information content (AvgIpc) is 2.89. The lowest BCUT2D eigenvalue weighted by Crippen LogP contribution is -2.34. The molecule has 0 heterocycles. The number of carbonyl (C=O) groups excluding carboxylic acids is 1. The number of aryl methyl sites for hydroxylation is 2. The van der Waals surface area contributed by atoms with Crippen molar-refractivity contribution in [1.82, 2.24) is 5.32 Å². The van der Waals surface area contributed by atoms with Crippen molar-refractivity contribution in [1.29, 1.82) is 0 Å². The summed E-state index contributed by atoms with van der Waals surface area (Å²) >= 11 is 0. The summed E-state index contributed by atoms with van der Waals surface area (Å²) < 4.78 is 0. The molecule has 4 heteroatoms. The zero-order valence-electron chi connectivity index (χ0n) is 11.8. The fraction of sp³-hybridized carbons (Fsp3) is 0.500. The summed E-state index contributed by atoms with van der Waals surface area (Å²) in [7, 11) is 0. The SMILES string of the molecule is CC(NCCCC(=O)O)C(=O)c1ccc2c(c1)CCC2. The van der Waals surface area contributed by atoms with E-state index in [9.17, 15) is 9.59 Å². The Morgan fingerprint density at radius 3 is 2.80 bits per heavy atom. The monoisotopic (exact) mass is 275 g/mol. The van der Waals surface area contributed by atoms with Crippen LogP contribution in [0.3, 0.4) is 0 Å². The van der Waals surface area contributed by atoms with E-state index >= 15 is 0 Å². The van der Waals surface area contributed by atoms with Crippen LogP contribution >= 0.6 is 0 Å². The van der Waals surface area contributed by atoms with E-state index in [-0.39, 0.29) is 18.2 Å². The third-order valence-corrected chi connectivity index (χ3v) is 3.79. The normalized spacial score (nSPS) is 14.8. The highest BCUT2D eigenvalue weighted by molar-refractivity contribution is 6.00. The van der Waals surface area contributed by atoms with Crippen molar-refractivity contribution in [3.63, 3.8) is 0 Å². The van der Waals surface area contributed by atoms with Gasteiger partial charge in [0.25, 0.3) is 0 Å². The number of ketones is 1. The van der Waals surface area contributed by atoms with E-state index in [1.54, 1.807) is 0 Å². The molecular formula is C16H21NO3. The summed E-state index contributed by atoms with van der Waals surface area (Å²) in [5.74, 6) is -0.723. The maximum absolute atomic E-state index is 12.3. The second kappa shape index (κ2) is 6.66. The van der Waals surface area contributed by atoms with Gasteiger partial charge in [-0.3, -0.25) is 9.59 Å². The van der Waals surface area contributed by atoms with Crippen molar-refractivity contribution in [3.8, 4) is 0 Å². The number of benzene rings is 1. The molecule has 1 aliphatic carbocycles. The van der Waals surface area contributed by atoms with Gasteiger partial charge >= 0.3 is 5.97 Å². The molecule has 0 saturated carbocycles. The van der Waals surface area contributed by atoms with Gasteiger partial charge in [0.15, 0.2) is 5.78 Å². The minimum Gasteiger partial charge on any atom is -0.481 e. The molecule has 1 atom stereocenters. The first-order chi connectivity index (χ1) is 9.58. The van der Waals surface area contributed by atoms with E-state index in [1.165, 1.54) is 17.5 Å². The number of aliphatic carboxylic acids is 1. The molecular weight excluding hydrogens is 254 g/mol. The highest BCUT2D eigenvalue weighted by atomic mass is 16.4. The third kappa shape index (κ3) is 3.67. The number of nitrogens with one attached hydrogen (secondary N) is 1. The van der Waals surface area contributed by atoms with Crippen molar-refractivity contribution >= 4 is 11.8 Å². The molecule has 0 fully saturated rings. The Morgan fingerprint density at radius 1 is 1.30 bits per heavy atom. The van der Waals surface area contributed by atoms with Crippen LogP contribution in [0.1, 0.15) is 47.7 Å². The molecule has 0 radical (unpaired) electrons. The predicted octanol–water partition coefficient (Wildman–Crippen LogP) is 2.20. The van der Waals surface area contributed by atoms with Gasteiger partial charge in [-0.1, -0.05) is 12.1 Å². The quantitative estimate of drug-likeness (QED) is 0.591. The van der Waals surface area contributed by atoms with E-state index in [2.05, 4.69) is 11.4 Å². The Kier molecular flexibility index (Phi) is 4.90. The third-order valence-electron chi connectivity index (χ3n) is 3.79. The van der Waals surface area contributed by atoms with Crippen LogP contribution in [0.2, 0.25) is 0 Å². The molecule has 2 N–H and O–H groups in total. The zero-order chi connectivity index (χ0) is 14.5. The summed E-state index contributed by atoms with van der Waals surface area (Å²) in [5.41, 5.74) is 3.42. The Hall–Kier alpha value is -1.68. The summed E-state index contributed by atoms with van der Waals surface area (Å²) in [6, 6.07) is 5.71. The van der Waals surface area contributed by atoms with E-state index in [0.29, 0.717) is 13.0 Å². The average molecular weight is 275 g/mol. The van der Waals surface area contributed by atoms with Crippen LogP contribution in [0.25, 0.3) is 0 Å². The number of carbonyl (C=O) groups is 2. The number of hydrogen-bond donors (Lipinski definition) is 2. The van der Waals surface area contributed by atoms with Gasteiger partial charge in [0.1, 0.15) is 0 Å². The number of carboxylic acid groups (broad SMARTS) is 1. The fourth-order valence-electron chi connectivity index (χ4n) is 2.63. The first-order valence-corrected chi connectivity index (χ1v) is 7.19. The van der Waals surface area contributed by atoms with Gasteiger partial charge in [-0.25, -0.2) is 0 Å². The van der Waals surface area contributed by atoms with Gasteiger partial charge in [-0.2, -0.15) is 0 Å². The van der Waals surface area contributed by atoms with Gasteiger partial charge in [-0.05, 0) is 56.3 Å². The molecule has 1 aromatic carbocycles.